The molecule has 0 aromatic heterocycles. The van der Waals surface area contributed by atoms with Gasteiger partial charge in [-0.25, -0.2) is 0 Å². The van der Waals surface area contributed by atoms with Crippen LogP contribution in [0.4, 0.5) is 0 Å². The Kier molecular flexibility index (Phi) is 4.04. The predicted molar refractivity (Wildman–Crippen MR) is 42.7 cm³/mol. The third kappa shape index (κ3) is 2.74. The minimum Gasteiger partial charge on any atom is -0.481 e. The Bertz CT molecular complexity index is 197. The molecule has 12 heavy (non-hydrogen) atoms. The van der Waals surface area contributed by atoms with Crippen LogP contribution in [0.5, 0.6) is 0 Å². The molecule has 4 nitrogen and oxygen atoms in total. The van der Waals surface area contributed by atoms with Gasteiger partial charge in [0.05, 0.1) is 11.8 Å². The molecule has 0 fully saturated rings. The first-order chi connectivity index (χ1) is 5.50. The zero-order valence-corrected chi connectivity index (χ0v) is 6.86. The molecule has 0 aliphatic heterocycles. The van der Waals surface area contributed by atoms with Crippen molar-refractivity contribution in [2.45, 2.75) is 13.3 Å². The summed E-state index contributed by atoms with van der Waals surface area (Å²) in [5, 5.41) is 17.1. The maximum Gasteiger partial charge on any atom is 0.307 e. The number of carbonyl (C=O) groups is 2. The number of hydrogen-bond acceptors (Lipinski definition) is 2. The van der Waals surface area contributed by atoms with Crippen LogP contribution < -0.4 is 0 Å². The average Bonchev–Trinajstić information content (AvgIpc) is 1.98. The van der Waals surface area contributed by atoms with Gasteiger partial charge in [-0.05, 0) is 6.42 Å². The smallest absolute Gasteiger partial charge is 0.307 e. The van der Waals surface area contributed by atoms with Gasteiger partial charge in [-0.15, -0.1) is 6.58 Å². The maximum atomic E-state index is 10.5. The van der Waals surface area contributed by atoms with Gasteiger partial charge in [0.2, 0.25) is 0 Å². The Labute approximate surface area is 70.5 Å². The number of allylic oxidation sites excluding steroid dienone is 1. The Morgan fingerprint density at radius 2 is 1.92 bits per heavy atom. The highest BCUT2D eigenvalue weighted by molar-refractivity contribution is 5.79. The van der Waals surface area contributed by atoms with Crippen molar-refractivity contribution in [3.63, 3.8) is 0 Å². The molecule has 0 radical (unpaired) electrons. The Hall–Kier alpha value is -1.32. The molecule has 2 unspecified atom stereocenters. The predicted octanol–water partition coefficient (Wildman–Crippen LogP) is 0.984. The Morgan fingerprint density at radius 1 is 1.42 bits per heavy atom. The molecule has 0 saturated heterocycles. The molecule has 0 aliphatic carbocycles. The van der Waals surface area contributed by atoms with Gasteiger partial charge >= 0.3 is 11.9 Å². The first-order valence-electron chi connectivity index (χ1n) is 3.57. The van der Waals surface area contributed by atoms with Gasteiger partial charge in [0.25, 0.3) is 0 Å². The first-order valence-corrected chi connectivity index (χ1v) is 3.57. The van der Waals surface area contributed by atoms with Crippen molar-refractivity contribution in [2.24, 2.45) is 11.8 Å². The van der Waals surface area contributed by atoms with E-state index in [2.05, 4.69) is 6.58 Å². The van der Waals surface area contributed by atoms with E-state index in [-0.39, 0.29) is 6.42 Å². The molecule has 2 atom stereocenters. The molecule has 0 aliphatic rings. The summed E-state index contributed by atoms with van der Waals surface area (Å²) in [6, 6.07) is 0. The van der Waals surface area contributed by atoms with E-state index < -0.39 is 23.8 Å². The molecule has 0 heterocycles. The first kappa shape index (κ1) is 10.7. The van der Waals surface area contributed by atoms with Gasteiger partial charge in [0.1, 0.15) is 0 Å². The summed E-state index contributed by atoms with van der Waals surface area (Å²) in [7, 11) is 0. The molecule has 0 aromatic rings. The molecular weight excluding hydrogens is 160 g/mol. The van der Waals surface area contributed by atoms with Crippen molar-refractivity contribution >= 4 is 11.9 Å². The van der Waals surface area contributed by atoms with E-state index in [0.29, 0.717) is 0 Å². The van der Waals surface area contributed by atoms with Crippen LogP contribution in [0, 0.1) is 11.8 Å². The Balaban J connectivity index is 4.38. The molecular formula is C8H12O4. The lowest BCUT2D eigenvalue weighted by Crippen LogP contribution is -2.27. The zero-order valence-electron chi connectivity index (χ0n) is 6.86. The van der Waals surface area contributed by atoms with Gasteiger partial charge in [0.15, 0.2) is 0 Å². The van der Waals surface area contributed by atoms with Crippen LogP contribution in [0.15, 0.2) is 12.7 Å². The van der Waals surface area contributed by atoms with Crippen molar-refractivity contribution in [2.75, 3.05) is 0 Å². The number of rotatable bonds is 5. The topological polar surface area (TPSA) is 74.6 Å². The summed E-state index contributed by atoms with van der Waals surface area (Å²) >= 11 is 0. The minimum absolute atomic E-state index is 0.183. The van der Waals surface area contributed by atoms with Crippen LogP contribution >= 0.6 is 0 Å². The van der Waals surface area contributed by atoms with Gasteiger partial charge in [-0.2, -0.15) is 0 Å². The van der Waals surface area contributed by atoms with E-state index in [1.165, 1.54) is 13.0 Å². The molecule has 0 rings (SSSR count). The highest BCUT2D eigenvalue weighted by atomic mass is 16.4. The summed E-state index contributed by atoms with van der Waals surface area (Å²) in [5.41, 5.74) is 0. The van der Waals surface area contributed by atoms with Crippen LogP contribution in [-0.4, -0.2) is 22.2 Å². The quantitative estimate of drug-likeness (QED) is 0.606. The SMILES string of the molecule is C=CCC(C(=O)O)C(C)C(=O)O. The summed E-state index contributed by atoms with van der Waals surface area (Å²) in [4.78, 5) is 20.9. The number of carboxylic acid groups (broad SMARTS) is 2. The van der Waals surface area contributed by atoms with E-state index in [0.717, 1.165) is 0 Å². The number of hydrogen-bond donors (Lipinski definition) is 2. The van der Waals surface area contributed by atoms with Crippen LogP contribution in [0.25, 0.3) is 0 Å². The van der Waals surface area contributed by atoms with Crippen molar-refractivity contribution < 1.29 is 19.8 Å². The third-order valence-corrected chi connectivity index (χ3v) is 1.73. The van der Waals surface area contributed by atoms with Gasteiger partial charge < -0.3 is 10.2 Å². The fourth-order valence-electron chi connectivity index (χ4n) is 0.870. The van der Waals surface area contributed by atoms with E-state index >= 15 is 0 Å². The summed E-state index contributed by atoms with van der Waals surface area (Å²) < 4.78 is 0. The molecule has 0 amide bonds. The van der Waals surface area contributed by atoms with Gasteiger partial charge in [-0.1, -0.05) is 13.0 Å². The molecule has 0 aromatic carbocycles. The van der Waals surface area contributed by atoms with Crippen molar-refractivity contribution in [1.29, 1.82) is 0 Å². The fourth-order valence-corrected chi connectivity index (χ4v) is 0.870. The summed E-state index contributed by atoms with van der Waals surface area (Å²) in [5.74, 6) is -3.94. The van der Waals surface area contributed by atoms with Gasteiger partial charge in [-0.3, -0.25) is 9.59 Å². The molecule has 4 heteroatoms. The van der Waals surface area contributed by atoms with Crippen LogP contribution in [0.3, 0.4) is 0 Å². The minimum atomic E-state index is -1.09. The average molecular weight is 172 g/mol. The standard InChI is InChI=1S/C8H12O4/c1-3-4-6(8(11)12)5(2)7(9)10/h3,5-6H,1,4H2,2H3,(H,9,10)(H,11,12). The summed E-state index contributed by atoms with van der Waals surface area (Å²) in [6.45, 7) is 4.75. The van der Waals surface area contributed by atoms with E-state index in [1.54, 1.807) is 0 Å². The summed E-state index contributed by atoms with van der Waals surface area (Å²) in [6.07, 6.45) is 1.60. The number of aliphatic carboxylic acids is 2. The molecule has 68 valence electrons. The second-order valence-electron chi connectivity index (χ2n) is 2.60. The second-order valence-corrected chi connectivity index (χ2v) is 2.60. The van der Waals surface area contributed by atoms with Crippen molar-refractivity contribution in [3.05, 3.63) is 12.7 Å². The van der Waals surface area contributed by atoms with E-state index in [1.807, 2.05) is 0 Å². The second kappa shape index (κ2) is 4.54. The Morgan fingerprint density at radius 3 is 2.17 bits per heavy atom. The molecule has 0 saturated carbocycles. The van der Waals surface area contributed by atoms with Crippen molar-refractivity contribution in [3.8, 4) is 0 Å². The van der Waals surface area contributed by atoms with Crippen LogP contribution in [-0.2, 0) is 9.59 Å². The van der Waals surface area contributed by atoms with Crippen molar-refractivity contribution in [1.82, 2.24) is 0 Å². The lowest BCUT2D eigenvalue weighted by atomic mass is 9.91. The lowest BCUT2D eigenvalue weighted by molar-refractivity contribution is -0.152. The number of carboxylic acids is 2. The molecule has 0 spiro atoms. The van der Waals surface area contributed by atoms with E-state index in [4.69, 9.17) is 10.2 Å². The third-order valence-electron chi connectivity index (χ3n) is 1.73. The van der Waals surface area contributed by atoms with E-state index in [9.17, 15) is 9.59 Å². The lowest BCUT2D eigenvalue weighted by Gasteiger charge is -2.13. The normalized spacial score (nSPS) is 14.8. The zero-order chi connectivity index (χ0) is 9.72. The monoisotopic (exact) mass is 172 g/mol. The highest BCUT2D eigenvalue weighted by Crippen LogP contribution is 2.16. The van der Waals surface area contributed by atoms with Crippen LogP contribution in [0.2, 0.25) is 0 Å². The fraction of sp³-hybridized carbons (Fsp3) is 0.500. The van der Waals surface area contributed by atoms with Crippen LogP contribution in [0.1, 0.15) is 13.3 Å². The molecule has 2 N–H and O–H groups in total. The van der Waals surface area contributed by atoms with Gasteiger partial charge in [0, 0.05) is 0 Å². The highest BCUT2D eigenvalue weighted by Gasteiger charge is 2.28. The molecule has 0 bridgehead atoms. The largest absolute Gasteiger partial charge is 0.481 e. The maximum absolute atomic E-state index is 10.5.